The molecule has 0 N–H and O–H groups in total. The van der Waals surface area contributed by atoms with Crippen molar-refractivity contribution in [3.63, 3.8) is 0 Å². The molecule has 1 fully saturated rings. The highest BCUT2D eigenvalue weighted by atomic mass is 16.8. The molecule has 1 saturated heterocycles. The molecule has 24 nitrogen and oxygen atoms in total. The van der Waals surface area contributed by atoms with Crippen molar-refractivity contribution in [1.29, 1.82) is 0 Å². The van der Waals surface area contributed by atoms with Gasteiger partial charge in [-0.25, -0.2) is 14.6 Å². The molecule has 69 heavy (non-hydrogen) atoms. The average Bonchev–Trinajstić information content (AvgIpc) is 3.65. The zero-order chi connectivity index (χ0) is 52.5. The summed E-state index contributed by atoms with van der Waals surface area (Å²) in [6, 6.07) is -0.752. The van der Waals surface area contributed by atoms with E-state index in [-0.39, 0.29) is 18.6 Å². The summed E-state index contributed by atoms with van der Waals surface area (Å²) < 4.78 is 70.0. The third kappa shape index (κ3) is 16.1. The molecule has 0 radical (unpaired) electrons. The number of hydrogen-bond donors (Lipinski definition) is 0. The van der Waals surface area contributed by atoms with E-state index in [4.69, 9.17) is 61.6 Å². The smallest absolute Gasteiger partial charge is 0.380 e. The number of fused-ring (bicyclic) bond motifs is 1. The summed E-state index contributed by atoms with van der Waals surface area (Å²) in [6.07, 6.45) is -6.69. The van der Waals surface area contributed by atoms with Gasteiger partial charge >= 0.3 is 65.5 Å². The standard InChI is InChI=1S/C24H34O13.C21H27NO10/c1-9-10-18-20(34-15(5)27)12(2)21(37-24(18,23(30)31-8)36-17(7)29)22(35-16(6)28)19(33-14(4)26)11-32-13(3)25;1-7-8-14-17-16(22-10(2)29-17)20(32-18(14)21(26)27-6)19(31-13(5)25)15(30-12(4)24)9-28-11(3)23/h9,12,18-22H,1,10-11H2,2-8H3;7,15-17,19-20H,1,8-9H2,2-6H3/t12-,18+,19-,20-,21-,22-,24?;15-,16-,17-,19-,20-/m11/s1. The molecule has 1 unspecified atom stereocenters. The van der Waals surface area contributed by atoms with Crippen LogP contribution in [0.5, 0.6) is 0 Å². The first-order valence-electron chi connectivity index (χ1n) is 21.3. The van der Waals surface area contributed by atoms with E-state index in [2.05, 4.69) is 18.2 Å². The summed E-state index contributed by atoms with van der Waals surface area (Å²) in [5.41, 5.74) is 0.458. The summed E-state index contributed by atoms with van der Waals surface area (Å²) in [5, 5.41) is 0. The number of esters is 10. The molecule has 0 aromatic carbocycles. The molecule has 0 bridgehead atoms. The summed E-state index contributed by atoms with van der Waals surface area (Å²) in [6.45, 7) is 18.5. The van der Waals surface area contributed by atoms with Gasteiger partial charge in [-0.2, -0.15) is 0 Å². The number of nitrogens with zero attached hydrogens (tertiary/aromatic N) is 1. The van der Waals surface area contributed by atoms with Crippen LogP contribution in [0.1, 0.15) is 82.1 Å². The molecule has 0 spiro atoms. The van der Waals surface area contributed by atoms with E-state index in [9.17, 15) is 47.9 Å². The fraction of sp³-hybridized carbons (Fsp3) is 0.622. The Morgan fingerprint density at radius 2 is 1.17 bits per heavy atom. The van der Waals surface area contributed by atoms with Crippen molar-refractivity contribution in [3.05, 3.63) is 36.6 Å². The largest absolute Gasteiger partial charge is 0.477 e. The summed E-state index contributed by atoms with van der Waals surface area (Å²) in [7, 11) is 2.22. The molecular weight excluding hydrogens is 922 g/mol. The van der Waals surface area contributed by atoms with E-state index < -0.39 is 145 Å². The van der Waals surface area contributed by atoms with Gasteiger partial charge in [-0.15, -0.1) is 13.2 Å². The molecule has 0 amide bonds. The van der Waals surface area contributed by atoms with Crippen LogP contribution in [0.25, 0.3) is 0 Å². The third-order valence-corrected chi connectivity index (χ3v) is 10.1. The van der Waals surface area contributed by atoms with Gasteiger partial charge in [0.2, 0.25) is 5.76 Å². The van der Waals surface area contributed by atoms with Gasteiger partial charge in [0.15, 0.2) is 42.5 Å². The number of carbonyl (C=O) groups excluding carboxylic acids is 10. The number of aliphatic imine (C=N–C) groups is 1. The van der Waals surface area contributed by atoms with Crippen LogP contribution >= 0.6 is 0 Å². The van der Waals surface area contributed by atoms with Crippen molar-refractivity contribution in [2.45, 2.75) is 143 Å². The van der Waals surface area contributed by atoms with Gasteiger partial charge in [-0.3, -0.25) is 38.4 Å². The SMILES string of the molecule is C=CCC1=C(C(=O)OC)O[C@@H]([C@H](OC(C)=O)[C@@H](COC(C)=O)OC(C)=O)[C@@H]2N=C(C)O[C@H]12.C=CC[C@H]1[C@H](OC(C)=O)[C@@H](C)[C@H]([C@H](OC(C)=O)[C@@H](COC(C)=O)OC(C)=O)OC1(OC(C)=O)C(=O)OC. The van der Waals surface area contributed by atoms with Crippen LogP contribution in [0.3, 0.4) is 0 Å². The minimum Gasteiger partial charge on any atom is -0.477 e. The topological polar surface area (TPSA) is 303 Å². The van der Waals surface area contributed by atoms with Crippen LogP contribution in [0.4, 0.5) is 0 Å². The molecular formula is C45H61NO23. The number of hydrogen-bond acceptors (Lipinski definition) is 24. The predicted octanol–water partition coefficient (Wildman–Crippen LogP) is 2.00. The van der Waals surface area contributed by atoms with Crippen molar-refractivity contribution < 1.29 is 110 Å². The molecule has 384 valence electrons. The minimum atomic E-state index is -2.48. The Bertz CT molecular complexity index is 2030. The molecule has 12 atom stereocenters. The molecule has 3 rings (SSSR count). The van der Waals surface area contributed by atoms with Crippen LogP contribution in [0, 0.1) is 11.8 Å². The summed E-state index contributed by atoms with van der Waals surface area (Å²) >= 11 is 0. The highest BCUT2D eigenvalue weighted by Gasteiger charge is 2.64. The second-order valence-corrected chi connectivity index (χ2v) is 15.5. The molecule has 3 aliphatic heterocycles. The third-order valence-electron chi connectivity index (χ3n) is 10.1. The number of carbonyl (C=O) groups is 10. The van der Waals surface area contributed by atoms with Crippen LogP contribution < -0.4 is 0 Å². The zero-order valence-corrected chi connectivity index (χ0v) is 40.6. The van der Waals surface area contributed by atoms with Crippen molar-refractivity contribution in [2.24, 2.45) is 16.8 Å². The maximum atomic E-state index is 13.1. The van der Waals surface area contributed by atoms with Crippen molar-refractivity contribution in [3.8, 4) is 0 Å². The lowest BCUT2D eigenvalue weighted by molar-refractivity contribution is -0.332. The zero-order valence-electron chi connectivity index (χ0n) is 40.6. The fourth-order valence-electron chi connectivity index (χ4n) is 7.78. The van der Waals surface area contributed by atoms with Gasteiger partial charge in [0.05, 0.1) is 20.1 Å². The number of methoxy groups -OCH3 is 2. The van der Waals surface area contributed by atoms with E-state index in [1.165, 1.54) is 20.1 Å². The first-order valence-corrected chi connectivity index (χ1v) is 21.3. The maximum Gasteiger partial charge on any atom is 0.380 e. The van der Waals surface area contributed by atoms with E-state index in [1.807, 2.05) is 0 Å². The molecule has 3 heterocycles. The number of rotatable bonds is 20. The molecule has 0 aromatic rings. The number of ether oxygens (including phenoxy) is 13. The Morgan fingerprint density at radius 3 is 1.58 bits per heavy atom. The van der Waals surface area contributed by atoms with Crippen LogP contribution in [0.15, 0.2) is 41.6 Å². The van der Waals surface area contributed by atoms with Gasteiger partial charge in [-0.1, -0.05) is 19.1 Å². The van der Waals surface area contributed by atoms with Gasteiger partial charge in [0, 0.05) is 73.8 Å². The Kier molecular flexibility index (Phi) is 22.5. The van der Waals surface area contributed by atoms with Crippen molar-refractivity contribution in [2.75, 3.05) is 27.4 Å². The first-order chi connectivity index (χ1) is 32.3. The molecule has 0 aliphatic carbocycles. The highest BCUT2D eigenvalue weighted by molar-refractivity contribution is 5.88. The maximum absolute atomic E-state index is 13.1. The van der Waals surface area contributed by atoms with E-state index >= 15 is 0 Å². The molecule has 3 aliphatic rings. The predicted molar refractivity (Wildman–Crippen MR) is 230 cm³/mol. The summed E-state index contributed by atoms with van der Waals surface area (Å²) in [4.78, 5) is 125. The Hall–Kier alpha value is -6.85. The van der Waals surface area contributed by atoms with Crippen LogP contribution in [-0.4, -0.2) is 154 Å². The van der Waals surface area contributed by atoms with E-state index in [1.54, 1.807) is 19.9 Å². The molecule has 0 saturated carbocycles. The fourth-order valence-corrected chi connectivity index (χ4v) is 7.78. The van der Waals surface area contributed by atoms with Gasteiger partial charge in [0.25, 0.3) is 0 Å². The lowest BCUT2D eigenvalue weighted by atomic mass is 9.75. The second kappa shape index (κ2) is 26.6. The second-order valence-electron chi connectivity index (χ2n) is 15.5. The minimum absolute atomic E-state index is 0.0313. The van der Waals surface area contributed by atoms with Crippen LogP contribution in [0.2, 0.25) is 0 Å². The highest BCUT2D eigenvalue weighted by Crippen LogP contribution is 2.45. The summed E-state index contributed by atoms with van der Waals surface area (Å²) in [5.74, 6) is -12.3. The first kappa shape index (κ1) is 58.3. The Morgan fingerprint density at radius 1 is 0.667 bits per heavy atom. The lowest BCUT2D eigenvalue weighted by Gasteiger charge is -2.51. The van der Waals surface area contributed by atoms with E-state index in [0.29, 0.717) is 11.5 Å². The van der Waals surface area contributed by atoms with Gasteiger partial charge in [-0.05, 0) is 12.8 Å². The monoisotopic (exact) mass is 983 g/mol. The van der Waals surface area contributed by atoms with Gasteiger partial charge < -0.3 is 61.6 Å². The Balaban J connectivity index is 0.000000478. The van der Waals surface area contributed by atoms with E-state index in [0.717, 1.165) is 55.6 Å². The average molecular weight is 984 g/mol. The Labute approximate surface area is 398 Å². The van der Waals surface area contributed by atoms with Crippen molar-refractivity contribution >= 4 is 65.6 Å². The normalized spacial score (nSPS) is 25.0. The lowest BCUT2D eigenvalue weighted by Crippen LogP contribution is -2.68. The van der Waals surface area contributed by atoms with Crippen molar-refractivity contribution in [1.82, 2.24) is 0 Å². The number of allylic oxidation sites excluding steroid dienone is 2. The molecule has 24 heteroatoms. The van der Waals surface area contributed by atoms with Crippen LogP contribution in [-0.2, 0) is 110 Å². The quantitative estimate of drug-likeness (QED) is 0.0957. The molecule has 0 aromatic heterocycles. The van der Waals surface area contributed by atoms with Gasteiger partial charge in [0.1, 0.15) is 31.5 Å².